The number of nitrogens with zero attached hydrogens (tertiary/aromatic N) is 3. The maximum atomic E-state index is 12.5. The number of aromatic nitrogens is 4. The first-order valence-corrected chi connectivity index (χ1v) is 8.11. The van der Waals surface area contributed by atoms with Crippen molar-refractivity contribution >= 4 is 16.9 Å². The first kappa shape index (κ1) is 15.1. The largest absolute Gasteiger partial charge is 0.350 e. The fourth-order valence-corrected chi connectivity index (χ4v) is 2.77. The monoisotopic (exact) mass is 331 g/mol. The van der Waals surface area contributed by atoms with Crippen molar-refractivity contribution in [1.82, 2.24) is 24.8 Å². The molecule has 6 nitrogen and oxygen atoms in total. The summed E-state index contributed by atoms with van der Waals surface area (Å²) in [7, 11) is 0. The molecule has 0 aliphatic carbocycles. The Hall–Kier alpha value is -3.41. The summed E-state index contributed by atoms with van der Waals surface area (Å²) in [5, 5.41) is 2.93. The van der Waals surface area contributed by atoms with E-state index < -0.39 is 0 Å². The van der Waals surface area contributed by atoms with Crippen molar-refractivity contribution in [3.8, 4) is 5.69 Å². The van der Waals surface area contributed by atoms with Crippen LogP contribution in [0.25, 0.3) is 16.7 Å². The molecule has 0 saturated carbocycles. The highest BCUT2D eigenvalue weighted by Gasteiger charge is 2.12. The van der Waals surface area contributed by atoms with E-state index in [4.69, 9.17) is 0 Å². The van der Waals surface area contributed by atoms with Gasteiger partial charge in [-0.3, -0.25) is 9.36 Å². The number of H-pyrrole nitrogens is 1. The second-order valence-electron chi connectivity index (χ2n) is 5.69. The first-order chi connectivity index (χ1) is 12.3. The Bertz CT molecular complexity index is 970. The van der Waals surface area contributed by atoms with Crippen LogP contribution in [0.1, 0.15) is 16.3 Å². The fourth-order valence-electron chi connectivity index (χ4n) is 2.77. The molecule has 2 N–H and O–H groups in total. The van der Waals surface area contributed by atoms with Gasteiger partial charge < -0.3 is 10.3 Å². The van der Waals surface area contributed by atoms with Gasteiger partial charge in [-0.05, 0) is 24.3 Å². The second-order valence-corrected chi connectivity index (χ2v) is 5.69. The third kappa shape index (κ3) is 3.14. The zero-order valence-electron chi connectivity index (χ0n) is 13.5. The Kier molecular flexibility index (Phi) is 4.00. The van der Waals surface area contributed by atoms with Gasteiger partial charge in [0.05, 0.1) is 23.6 Å². The van der Waals surface area contributed by atoms with Crippen LogP contribution in [0.3, 0.4) is 0 Å². The Morgan fingerprint density at radius 1 is 1.08 bits per heavy atom. The van der Waals surface area contributed by atoms with Crippen molar-refractivity contribution in [1.29, 1.82) is 0 Å². The number of nitrogens with one attached hydrogen (secondary N) is 2. The molecule has 4 aromatic rings. The molecule has 0 bridgehead atoms. The maximum absolute atomic E-state index is 12.5. The average molecular weight is 331 g/mol. The number of amides is 1. The summed E-state index contributed by atoms with van der Waals surface area (Å²) in [6.45, 7) is 0.499. The van der Waals surface area contributed by atoms with Gasteiger partial charge in [-0.15, -0.1) is 0 Å². The van der Waals surface area contributed by atoms with Gasteiger partial charge in [-0.2, -0.15) is 0 Å². The van der Waals surface area contributed by atoms with E-state index in [0.717, 1.165) is 22.5 Å². The highest BCUT2D eigenvalue weighted by atomic mass is 16.1. The molecule has 2 aromatic heterocycles. The summed E-state index contributed by atoms with van der Waals surface area (Å²) >= 11 is 0. The van der Waals surface area contributed by atoms with Crippen LogP contribution < -0.4 is 5.32 Å². The molecule has 25 heavy (non-hydrogen) atoms. The number of hydrogen-bond donors (Lipinski definition) is 2. The number of hydrogen-bond acceptors (Lipinski definition) is 3. The predicted molar refractivity (Wildman–Crippen MR) is 95.7 cm³/mol. The molecule has 0 atom stereocenters. The molecule has 2 heterocycles. The lowest BCUT2D eigenvalue weighted by Crippen LogP contribution is -2.27. The van der Waals surface area contributed by atoms with E-state index >= 15 is 0 Å². The average Bonchev–Trinajstić information content (AvgIpc) is 3.29. The number of carbonyl (C=O) groups excluding carboxylic acids is 1. The summed E-state index contributed by atoms with van der Waals surface area (Å²) in [6, 6.07) is 17.6. The summed E-state index contributed by atoms with van der Waals surface area (Å²) < 4.78 is 1.77. The standard InChI is InChI=1S/C19H17N5O/c25-19(17-12-20-13-24(17)14-6-2-1-3-7-14)21-11-10-18-22-15-8-4-5-9-16(15)23-18/h1-9,12-13H,10-11H2,(H,21,25)(H,22,23). The van der Waals surface area contributed by atoms with Crippen molar-refractivity contribution in [2.45, 2.75) is 6.42 Å². The summed E-state index contributed by atoms with van der Waals surface area (Å²) in [4.78, 5) is 24.3. The van der Waals surface area contributed by atoms with Crippen molar-refractivity contribution in [2.75, 3.05) is 6.54 Å². The molecule has 0 aliphatic heterocycles. The van der Waals surface area contributed by atoms with E-state index in [1.54, 1.807) is 17.1 Å². The van der Waals surface area contributed by atoms with Crippen molar-refractivity contribution in [3.63, 3.8) is 0 Å². The number of imidazole rings is 2. The van der Waals surface area contributed by atoms with Crippen molar-refractivity contribution < 1.29 is 4.79 Å². The van der Waals surface area contributed by atoms with E-state index in [1.807, 2.05) is 54.6 Å². The number of aromatic amines is 1. The second kappa shape index (κ2) is 6.60. The highest BCUT2D eigenvalue weighted by Crippen LogP contribution is 2.12. The number of benzene rings is 2. The van der Waals surface area contributed by atoms with Crippen LogP contribution >= 0.6 is 0 Å². The predicted octanol–water partition coefficient (Wildman–Crippen LogP) is 2.72. The van der Waals surface area contributed by atoms with Gasteiger partial charge in [-0.1, -0.05) is 30.3 Å². The lowest BCUT2D eigenvalue weighted by atomic mass is 10.3. The van der Waals surface area contributed by atoms with Crippen LogP contribution in [0.15, 0.2) is 67.1 Å². The van der Waals surface area contributed by atoms with Crippen LogP contribution in [0.5, 0.6) is 0 Å². The zero-order valence-corrected chi connectivity index (χ0v) is 13.5. The minimum atomic E-state index is -0.155. The Morgan fingerprint density at radius 3 is 2.72 bits per heavy atom. The Labute approximate surface area is 144 Å². The van der Waals surface area contributed by atoms with Crippen LogP contribution in [0.2, 0.25) is 0 Å². The van der Waals surface area contributed by atoms with Gasteiger partial charge in [-0.25, -0.2) is 9.97 Å². The molecular formula is C19H17N5O. The van der Waals surface area contributed by atoms with Gasteiger partial charge in [0, 0.05) is 18.7 Å². The zero-order chi connectivity index (χ0) is 17.1. The first-order valence-electron chi connectivity index (χ1n) is 8.11. The van der Waals surface area contributed by atoms with Crippen molar-refractivity contribution in [3.05, 3.63) is 78.6 Å². The minimum absolute atomic E-state index is 0.155. The van der Waals surface area contributed by atoms with Gasteiger partial charge in [0.2, 0.25) is 0 Å². The summed E-state index contributed by atoms with van der Waals surface area (Å²) in [5.74, 6) is 0.704. The molecule has 2 aromatic carbocycles. The van der Waals surface area contributed by atoms with Gasteiger partial charge >= 0.3 is 0 Å². The molecule has 124 valence electrons. The molecule has 1 amide bonds. The molecule has 0 saturated heterocycles. The Morgan fingerprint density at radius 2 is 1.88 bits per heavy atom. The quantitative estimate of drug-likeness (QED) is 0.590. The third-order valence-electron chi connectivity index (χ3n) is 3.99. The van der Waals surface area contributed by atoms with Crippen LogP contribution in [0.4, 0.5) is 0 Å². The van der Waals surface area contributed by atoms with Crippen LogP contribution in [-0.2, 0) is 6.42 Å². The fraction of sp³-hybridized carbons (Fsp3) is 0.105. The summed E-state index contributed by atoms with van der Waals surface area (Å²) in [5.41, 5.74) is 3.36. The molecular weight excluding hydrogens is 314 g/mol. The van der Waals surface area contributed by atoms with Crippen LogP contribution in [0, 0.1) is 0 Å². The maximum Gasteiger partial charge on any atom is 0.269 e. The van der Waals surface area contributed by atoms with Crippen LogP contribution in [-0.4, -0.2) is 32.0 Å². The van der Waals surface area contributed by atoms with E-state index in [1.165, 1.54) is 0 Å². The summed E-state index contributed by atoms with van der Waals surface area (Å²) in [6.07, 6.45) is 3.85. The molecule has 6 heteroatoms. The molecule has 4 rings (SSSR count). The highest BCUT2D eigenvalue weighted by molar-refractivity contribution is 5.93. The number of para-hydroxylation sites is 3. The topological polar surface area (TPSA) is 75.6 Å². The SMILES string of the molecule is O=C(NCCc1nc2ccccc2[nH]1)c1cncn1-c1ccccc1. The van der Waals surface area contributed by atoms with E-state index in [-0.39, 0.29) is 5.91 Å². The Balaban J connectivity index is 1.42. The molecule has 0 spiro atoms. The van der Waals surface area contributed by atoms with E-state index in [9.17, 15) is 4.79 Å². The third-order valence-corrected chi connectivity index (χ3v) is 3.99. The van der Waals surface area contributed by atoms with Crippen molar-refractivity contribution in [2.24, 2.45) is 0 Å². The molecule has 0 aliphatic rings. The number of carbonyl (C=O) groups is 1. The van der Waals surface area contributed by atoms with Gasteiger partial charge in [0.15, 0.2) is 0 Å². The smallest absolute Gasteiger partial charge is 0.269 e. The number of rotatable bonds is 5. The van der Waals surface area contributed by atoms with E-state index in [0.29, 0.717) is 18.7 Å². The number of fused-ring (bicyclic) bond motifs is 1. The minimum Gasteiger partial charge on any atom is -0.350 e. The molecule has 0 fully saturated rings. The molecule has 0 unspecified atom stereocenters. The lowest BCUT2D eigenvalue weighted by Gasteiger charge is -2.08. The molecule has 0 radical (unpaired) electrons. The lowest BCUT2D eigenvalue weighted by molar-refractivity contribution is 0.0947. The van der Waals surface area contributed by atoms with Gasteiger partial charge in [0.1, 0.15) is 11.5 Å². The van der Waals surface area contributed by atoms with Gasteiger partial charge in [0.25, 0.3) is 5.91 Å². The van der Waals surface area contributed by atoms with E-state index in [2.05, 4.69) is 20.3 Å². The normalized spacial score (nSPS) is 10.9.